The molecule has 0 radical (unpaired) electrons. The lowest BCUT2D eigenvalue weighted by molar-refractivity contribution is -0.144. The van der Waals surface area contributed by atoms with Gasteiger partial charge in [-0.15, -0.1) is 0 Å². The average Bonchev–Trinajstić information content (AvgIpc) is 2.49. The number of halogens is 2. The van der Waals surface area contributed by atoms with Crippen molar-refractivity contribution in [2.75, 3.05) is 6.54 Å². The molecule has 0 aliphatic heterocycles. The first-order chi connectivity index (χ1) is 10.5. The summed E-state index contributed by atoms with van der Waals surface area (Å²) in [5, 5.41) is 13.1. The number of hydrogen-bond acceptors (Lipinski definition) is 2. The smallest absolute Gasteiger partial charge is 0.306 e. The molecule has 0 aromatic heterocycles. The normalized spacial score (nSPS) is 21.4. The Labute approximate surface area is 139 Å². The predicted octanol–water partition coefficient (Wildman–Crippen LogP) is 3.54. The molecule has 6 heteroatoms. The highest BCUT2D eigenvalue weighted by Gasteiger charge is 2.30. The molecule has 0 bridgehead atoms. The van der Waals surface area contributed by atoms with Crippen LogP contribution in [0.2, 0.25) is 10.0 Å². The van der Waals surface area contributed by atoms with Gasteiger partial charge in [-0.05, 0) is 43.4 Å². The molecule has 0 spiro atoms. The predicted molar refractivity (Wildman–Crippen MR) is 86.3 cm³/mol. The monoisotopic (exact) mass is 343 g/mol. The summed E-state index contributed by atoms with van der Waals surface area (Å²) in [4.78, 5) is 23.2. The molecule has 1 saturated carbocycles. The molecular formula is C16H19Cl2NO3. The van der Waals surface area contributed by atoms with Crippen LogP contribution in [0.5, 0.6) is 0 Å². The summed E-state index contributed by atoms with van der Waals surface area (Å²) in [6.45, 7) is 0.481. The van der Waals surface area contributed by atoms with Gasteiger partial charge in [0, 0.05) is 22.5 Å². The fraction of sp³-hybridized carbons (Fsp3) is 0.500. The lowest BCUT2D eigenvalue weighted by Crippen LogP contribution is -2.36. The topological polar surface area (TPSA) is 66.4 Å². The van der Waals surface area contributed by atoms with E-state index in [0.29, 0.717) is 35.9 Å². The number of rotatable bonds is 5. The van der Waals surface area contributed by atoms with Gasteiger partial charge in [-0.1, -0.05) is 35.7 Å². The fourth-order valence-electron chi connectivity index (χ4n) is 2.84. The van der Waals surface area contributed by atoms with Crippen molar-refractivity contribution < 1.29 is 14.7 Å². The third kappa shape index (κ3) is 4.62. The van der Waals surface area contributed by atoms with E-state index in [1.54, 1.807) is 12.1 Å². The summed E-state index contributed by atoms with van der Waals surface area (Å²) in [5.41, 5.74) is 0.929. The van der Waals surface area contributed by atoms with E-state index in [2.05, 4.69) is 5.32 Å². The van der Waals surface area contributed by atoms with Gasteiger partial charge >= 0.3 is 5.97 Å². The van der Waals surface area contributed by atoms with Crippen LogP contribution in [0, 0.1) is 11.8 Å². The Morgan fingerprint density at radius 1 is 1.23 bits per heavy atom. The van der Waals surface area contributed by atoms with E-state index in [9.17, 15) is 9.59 Å². The lowest BCUT2D eigenvalue weighted by Gasteiger charge is -2.25. The Bertz CT molecular complexity index is 562. The minimum absolute atomic E-state index is 0.0592. The van der Waals surface area contributed by atoms with Gasteiger partial charge in [0.05, 0.1) is 5.92 Å². The molecule has 1 fully saturated rings. The highest BCUT2D eigenvalue weighted by molar-refractivity contribution is 6.35. The lowest BCUT2D eigenvalue weighted by atomic mass is 9.81. The Morgan fingerprint density at radius 2 is 1.95 bits per heavy atom. The molecule has 1 aliphatic rings. The fourth-order valence-corrected chi connectivity index (χ4v) is 3.34. The number of carbonyl (C=O) groups is 2. The van der Waals surface area contributed by atoms with Crippen LogP contribution in [0.15, 0.2) is 18.2 Å². The van der Waals surface area contributed by atoms with Crippen molar-refractivity contribution >= 4 is 35.1 Å². The molecular weight excluding hydrogens is 325 g/mol. The number of carboxylic acid groups (broad SMARTS) is 1. The number of benzene rings is 1. The summed E-state index contributed by atoms with van der Waals surface area (Å²) in [6, 6.07) is 5.29. The summed E-state index contributed by atoms with van der Waals surface area (Å²) >= 11 is 11.9. The van der Waals surface area contributed by atoms with Crippen LogP contribution in [0.4, 0.5) is 0 Å². The molecule has 0 heterocycles. The Kier molecular flexibility index (Phi) is 6.09. The molecule has 2 N–H and O–H groups in total. The van der Waals surface area contributed by atoms with Crippen molar-refractivity contribution in [2.45, 2.75) is 32.1 Å². The van der Waals surface area contributed by atoms with Crippen molar-refractivity contribution in [2.24, 2.45) is 11.8 Å². The van der Waals surface area contributed by atoms with E-state index < -0.39 is 11.9 Å². The Balaban J connectivity index is 1.81. The second-order valence-electron chi connectivity index (χ2n) is 5.68. The summed E-state index contributed by atoms with van der Waals surface area (Å²) in [5.74, 6) is -1.45. The van der Waals surface area contributed by atoms with E-state index in [0.717, 1.165) is 18.4 Å². The van der Waals surface area contributed by atoms with Gasteiger partial charge in [0.15, 0.2) is 0 Å². The van der Waals surface area contributed by atoms with E-state index >= 15 is 0 Å². The van der Waals surface area contributed by atoms with Crippen LogP contribution >= 0.6 is 23.2 Å². The van der Waals surface area contributed by atoms with Crippen LogP contribution in [0.1, 0.15) is 31.2 Å². The minimum atomic E-state index is -0.801. The van der Waals surface area contributed by atoms with Crippen molar-refractivity contribution in [1.29, 1.82) is 0 Å². The van der Waals surface area contributed by atoms with Crippen molar-refractivity contribution in [3.63, 3.8) is 0 Å². The van der Waals surface area contributed by atoms with E-state index in [4.69, 9.17) is 28.3 Å². The van der Waals surface area contributed by atoms with Gasteiger partial charge in [-0.2, -0.15) is 0 Å². The third-order valence-electron chi connectivity index (χ3n) is 4.10. The van der Waals surface area contributed by atoms with Crippen LogP contribution in [-0.2, 0) is 16.0 Å². The summed E-state index contributed by atoms with van der Waals surface area (Å²) in [6.07, 6.45) is 3.27. The standard InChI is InChI=1S/C16H19Cl2NO3/c17-13-5-4-10(14(18)9-13)6-7-19-15(20)11-2-1-3-12(8-11)16(21)22/h4-5,9,11-12H,1-3,6-8H2,(H,19,20)(H,21,22). The molecule has 22 heavy (non-hydrogen) atoms. The zero-order valence-electron chi connectivity index (χ0n) is 12.1. The molecule has 4 nitrogen and oxygen atoms in total. The van der Waals surface area contributed by atoms with E-state index in [1.165, 1.54) is 0 Å². The molecule has 1 amide bonds. The molecule has 2 rings (SSSR count). The SMILES string of the molecule is O=C(O)C1CCCC(C(=O)NCCc2ccc(Cl)cc2Cl)C1. The number of carboxylic acids is 1. The van der Waals surface area contributed by atoms with Gasteiger partial charge in [-0.3, -0.25) is 9.59 Å². The number of hydrogen-bond donors (Lipinski definition) is 2. The molecule has 2 atom stereocenters. The summed E-state index contributed by atoms with van der Waals surface area (Å²) in [7, 11) is 0. The van der Waals surface area contributed by atoms with Gasteiger partial charge in [0.25, 0.3) is 0 Å². The quantitative estimate of drug-likeness (QED) is 0.859. The maximum absolute atomic E-state index is 12.1. The van der Waals surface area contributed by atoms with Crippen LogP contribution < -0.4 is 5.32 Å². The molecule has 120 valence electrons. The molecule has 0 saturated heterocycles. The summed E-state index contributed by atoms with van der Waals surface area (Å²) < 4.78 is 0. The van der Waals surface area contributed by atoms with Crippen LogP contribution in [0.3, 0.4) is 0 Å². The number of aliphatic carboxylic acids is 1. The van der Waals surface area contributed by atoms with Crippen molar-refractivity contribution in [3.8, 4) is 0 Å². The molecule has 1 aliphatic carbocycles. The van der Waals surface area contributed by atoms with Crippen LogP contribution in [0.25, 0.3) is 0 Å². The third-order valence-corrected chi connectivity index (χ3v) is 4.69. The first-order valence-corrected chi connectivity index (χ1v) is 8.17. The second kappa shape index (κ2) is 7.84. The van der Waals surface area contributed by atoms with Crippen molar-refractivity contribution in [1.82, 2.24) is 5.32 Å². The highest BCUT2D eigenvalue weighted by atomic mass is 35.5. The van der Waals surface area contributed by atoms with Gasteiger partial charge in [0.1, 0.15) is 0 Å². The number of carbonyl (C=O) groups excluding carboxylic acids is 1. The highest BCUT2D eigenvalue weighted by Crippen LogP contribution is 2.29. The van der Waals surface area contributed by atoms with E-state index in [-0.39, 0.29) is 11.8 Å². The zero-order chi connectivity index (χ0) is 16.1. The minimum Gasteiger partial charge on any atom is -0.481 e. The maximum Gasteiger partial charge on any atom is 0.306 e. The molecule has 2 unspecified atom stereocenters. The first-order valence-electron chi connectivity index (χ1n) is 7.42. The largest absolute Gasteiger partial charge is 0.481 e. The second-order valence-corrected chi connectivity index (χ2v) is 6.52. The van der Waals surface area contributed by atoms with Gasteiger partial charge in [0.2, 0.25) is 5.91 Å². The Hall–Kier alpha value is -1.26. The number of amides is 1. The molecule has 1 aromatic rings. The first kappa shape index (κ1) is 17.1. The average molecular weight is 344 g/mol. The molecule has 1 aromatic carbocycles. The van der Waals surface area contributed by atoms with Crippen molar-refractivity contribution in [3.05, 3.63) is 33.8 Å². The Morgan fingerprint density at radius 3 is 2.64 bits per heavy atom. The van der Waals surface area contributed by atoms with Gasteiger partial charge < -0.3 is 10.4 Å². The van der Waals surface area contributed by atoms with Gasteiger partial charge in [-0.25, -0.2) is 0 Å². The zero-order valence-corrected chi connectivity index (χ0v) is 13.7. The van der Waals surface area contributed by atoms with E-state index in [1.807, 2.05) is 6.07 Å². The van der Waals surface area contributed by atoms with Crippen LogP contribution in [-0.4, -0.2) is 23.5 Å². The number of nitrogens with one attached hydrogen (secondary N) is 1. The maximum atomic E-state index is 12.1.